The number of hydrogen-bond donors (Lipinski definition) is 1. The highest BCUT2D eigenvalue weighted by Crippen LogP contribution is 2.27. The molecule has 0 heterocycles. The van der Waals surface area contributed by atoms with E-state index in [1.165, 1.54) is 0 Å². The predicted molar refractivity (Wildman–Crippen MR) is 102 cm³/mol. The molecule has 2 aromatic rings. The molecule has 0 aliphatic heterocycles. The van der Waals surface area contributed by atoms with Crippen molar-refractivity contribution in [3.05, 3.63) is 83.4 Å². The Labute approximate surface area is 160 Å². The molecule has 0 saturated heterocycles. The van der Waals surface area contributed by atoms with E-state index < -0.39 is 18.3 Å². The average Bonchev–Trinajstić information content (AvgIpc) is 3.01. The van der Waals surface area contributed by atoms with Crippen molar-refractivity contribution in [3.8, 4) is 0 Å². The van der Waals surface area contributed by atoms with Gasteiger partial charge in [-0.15, -0.1) is 0 Å². The number of hydrogen-bond acceptors (Lipinski definition) is 5. The van der Waals surface area contributed by atoms with E-state index in [1.54, 1.807) is 7.11 Å². The monoisotopic (exact) mass is 370 g/mol. The van der Waals surface area contributed by atoms with E-state index in [4.69, 9.17) is 18.9 Å². The summed E-state index contributed by atoms with van der Waals surface area (Å²) in [5.74, 6) is 0. The second-order valence-electron chi connectivity index (χ2n) is 6.47. The number of aliphatic hydroxyl groups is 1. The fourth-order valence-electron chi connectivity index (χ4n) is 3.05. The molecule has 27 heavy (non-hydrogen) atoms. The summed E-state index contributed by atoms with van der Waals surface area (Å²) in [7, 11) is 1.56. The summed E-state index contributed by atoms with van der Waals surface area (Å²) in [6.07, 6.45) is 0.168. The number of methoxy groups -OCH3 is 1. The van der Waals surface area contributed by atoms with Crippen LogP contribution in [-0.2, 0) is 32.2 Å². The number of aliphatic hydroxyl groups excluding tert-OH is 1. The molecule has 144 valence electrons. The van der Waals surface area contributed by atoms with E-state index in [2.05, 4.69) is 0 Å². The molecular formula is C22H26O5. The van der Waals surface area contributed by atoms with Crippen molar-refractivity contribution >= 4 is 0 Å². The van der Waals surface area contributed by atoms with Gasteiger partial charge in [-0.25, -0.2) is 0 Å². The summed E-state index contributed by atoms with van der Waals surface area (Å²) in [6, 6.07) is 19.9. The molecule has 0 spiro atoms. The lowest BCUT2D eigenvalue weighted by atomic mass is 10.1. The van der Waals surface area contributed by atoms with E-state index in [9.17, 15) is 5.11 Å². The van der Waals surface area contributed by atoms with Crippen molar-refractivity contribution in [1.82, 2.24) is 0 Å². The van der Waals surface area contributed by atoms with Gasteiger partial charge in [0.25, 0.3) is 0 Å². The topological polar surface area (TPSA) is 57.2 Å². The summed E-state index contributed by atoms with van der Waals surface area (Å²) in [4.78, 5) is 0. The minimum absolute atomic E-state index is 0.100. The molecular weight excluding hydrogens is 344 g/mol. The van der Waals surface area contributed by atoms with Gasteiger partial charge in [0.15, 0.2) is 0 Å². The minimum Gasteiger partial charge on any atom is -0.387 e. The summed E-state index contributed by atoms with van der Waals surface area (Å²) in [5, 5.41) is 10.6. The molecule has 0 amide bonds. The maximum Gasteiger partial charge on any atom is 0.147 e. The molecule has 0 saturated carbocycles. The van der Waals surface area contributed by atoms with Crippen LogP contribution >= 0.6 is 0 Å². The van der Waals surface area contributed by atoms with Gasteiger partial charge in [-0.2, -0.15) is 0 Å². The van der Waals surface area contributed by atoms with Gasteiger partial charge >= 0.3 is 0 Å². The smallest absolute Gasteiger partial charge is 0.147 e. The maximum absolute atomic E-state index is 10.6. The second-order valence-corrected chi connectivity index (χ2v) is 6.47. The first-order chi connectivity index (χ1) is 13.3. The van der Waals surface area contributed by atoms with E-state index in [1.807, 2.05) is 66.7 Å². The quantitative estimate of drug-likeness (QED) is 0.515. The molecule has 5 heteroatoms. The normalized spacial score (nSPS) is 22.0. The lowest BCUT2D eigenvalue weighted by Gasteiger charge is -2.22. The summed E-state index contributed by atoms with van der Waals surface area (Å²) in [6.45, 7) is 1.39. The molecule has 0 unspecified atom stereocenters. The van der Waals surface area contributed by atoms with Crippen molar-refractivity contribution in [2.24, 2.45) is 0 Å². The fraction of sp³-hybridized carbons (Fsp3) is 0.364. The number of benzene rings is 2. The Hall–Kier alpha value is -2.02. The highest BCUT2D eigenvalue weighted by Gasteiger charge is 2.37. The first-order valence-electron chi connectivity index (χ1n) is 9.04. The van der Waals surface area contributed by atoms with Crippen LogP contribution in [0.4, 0.5) is 0 Å². The van der Waals surface area contributed by atoms with Crippen LogP contribution in [0.1, 0.15) is 11.1 Å². The van der Waals surface area contributed by atoms with Crippen molar-refractivity contribution in [1.29, 1.82) is 0 Å². The number of rotatable bonds is 10. The second kappa shape index (κ2) is 10.3. The molecule has 3 atom stereocenters. The Kier molecular flexibility index (Phi) is 7.56. The standard InChI is InChI=1S/C22H26O5/c1-24-16-27-22-19(15-25-13-17-8-4-2-5-9-17)12-20(21(22)23)26-14-18-10-6-3-7-11-18/h2-12,20-23H,13-16H2,1H3/t20-,21-,22+/m0/s1. The van der Waals surface area contributed by atoms with Crippen LogP contribution < -0.4 is 0 Å². The molecule has 1 aliphatic rings. The lowest BCUT2D eigenvalue weighted by Crippen LogP contribution is -2.36. The SMILES string of the molecule is COCO[C@@H]1C(COCc2ccccc2)=C[C@H](OCc2ccccc2)[C@@H]1O. The summed E-state index contributed by atoms with van der Waals surface area (Å²) in [5.41, 5.74) is 3.03. The third kappa shape index (κ3) is 5.73. The largest absolute Gasteiger partial charge is 0.387 e. The fourth-order valence-corrected chi connectivity index (χ4v) is 3.05. The van der Waals surface area contributed by atoms with Crippen molar-refractivity contribution in [2.45, 2.75) is 31.5 Å². The highest BCUT2D eigenvalue weighted by atomic mass is 16.7. The Balaban J connectivity index is 1.58. The molecule has 1 aliphatic carbocycles. The Bertz CT molecular complexity index is 701. The molecule has 0 bridgehead atoms. The Morgan fingerprint density at radius 1 is 0.815 bits per heavy atom. The third-order valence-electron chi connectivity index (χ3n) is 4.42. The van der Waals surface area contributed by atoms with Gasteiger partial charge < -0.3 is 24.1 Å². The Morgan fingerprint density at radius 3 is 2.07 bits per heavy atom. The zero-order valence-corrected chi connectivity index (χ0v) is 15.5. The Morgan fingerprint density at radius 2 is 1.44 bits per heavy atom. The molecule has 1 N–H and O–H groups in total. The van der Waals surface area contributed by atoms with Crippen LogP contribution in [0.3, 0.4) is 0 Å². The van der Waals surface area contributed by atoms with Gasteiger partial charge in [-0.05, 0) is 22.8 Å². The summed E-state index contributed by atoms with van der Waals surface area (Å²) >= 11 is 0. The third-order valence-corrected chi connectivity index (χ3v) is 4.42. The average molecular weight is 370 g/mol. The van der Waals surface area contributed by atoms with Gasteiger partial charge in [0.2, 0.25) is 0 Å². The van der Waals surface area contributed by atoms with Gasteiger partial charge in [0, 0.05) is 7.11 Å². The van der Waals surface area contributed by atoms with Crippen LogP contribution in [0.2, 0.25) is 0 Å². The first kappa shape index (κ1) is 19.7. The van der Waals surface area contributed by atoms with Crippen molar-refractivity contribution in [2.75, 3.05) is 20.5 Å². The van der Waals surface area contributed by atoms with E-state index in [-0.39, 0.29) is 6.79 Å². The molecule has 5 nitrogen and oxygen atoms in total. The van der Waals surface area contributed by atoms with E-state index in [0.29, 0.717) is 19.8 Å². The molecule has 3 rings (SSSR count). The van der Waals surface area contributed by atoms with Crippen LogP contribution in [0, 0.1) is 0 Å². The predicted octanol–water partition coefficient (Wildman–Crippen LogP) is 3.08. The van der Waals surface area contributed by atoms with Crippen LogP contribution in [0.5, 0.6) is 0 Å². The molecule has 2 aromatic carbocycles. The van der Waals surface area contributed by atoms with Gasteiger partial charge in [0.1, 0.15) is 25.1 Å². The van der Waals surface area contributed by atoms with Gasteiger partial charge in [-0.1, -0.05) is 60.7 Å². The molecule has 0 fully saturated rings. The van der Waals surface area contributed by atoms with E-state index >= 15 is 0 Å². The first-order valence-corrected chi connectivity index (χ1v) is 9.04. The zero-order chi connectivity index (χ0) is 18.9. The highest BCUT2D eigenvalue weighted by molar-refractivity contribution is 5.24. The van der Waals surface area contributed by atoms with Gasteiger partial charge in [0.05, 0.1) is 19.8 Å². The number of ether oxygens (including phenoxy) is 4. The van der Waals surface area contributed by atoms with Crippen LogP contribution in [0.25, 0.3) is 0 Å². The van der Waals surface area contributed by atoms with Crippen molar-refractivity contribution < 1.29 is 24.1 Å². The minimum atomic E-state index is -0.792. The van der Waals surface area contributed by atoms with Crippen molar-refractivity contribution in [3.63, 3.8) is 0 Å². The van der Waals surface area contributed by atoms with Crippen LogP contribution in [-0.4, -0.2) is 43.9 Å². The maximum atomic E-state index is 10.6. The van der Waals surface area contributed by atoms with Gasteiger partial charge in [-0.3, -0.25) is 0 Å². The lowest BCUT2D eigenvalue weighted by molar-refractivity contribution is -0.121. The van der Waals surface area contributed by atoms with Crippen LogP contribution in [0.15, 0.2) is 72.3 Å². The zero-order valence-electron chi connectivity index (χ0n) is 15.5. The van der Waals surface area contributed by atoms with E-state index in [0.717, 1.165) is 16.7 Å². The summed E-state index contributed by atoms with van der Waals surface area (Å²) < 4.78 is 22.4. The molecule has 0 radical (unpaired) electrons. The molecule has 0 aromatic heterocycles.